The maximum absolute atomic E-state index is 11.4. The Balaban J connectivity index is 2.79. The molecule has 2 aromatic rings. The molecule has 2 aromatic heterocycles. The summed E-state index contributed by atoms with van der Waals surface area (Å²) in [4.78, 5) is 21.7. The van der Waals surface area contributed by atoms with Crippen LogP contribution in [0, 0.1) is 10.1 Å². The summed E-state index contributed by atoms with van der Waals surface area (Å²) in [5, 5.41) is 14.8. The van der Waals surface area contributed by atoms with Crippen LogP contribution in [0.15, 0.2) is 22.8 Å². The molecular weight excluding hydrogens is 294 g/mol. The Morgan fingerprint density at radius 1 is 1.59 bits per heavy atom. The molecule has 0 fully saturated rings. The average Bonchev–Trinajstić information content (AvgIpc) is 2.66. The van der Waals surface area contributed by atoms with Crippen LogP contribution in [0.1, 0.15) is 10.5 Å². The van der Waals surface area contributed by atoms with Gasteiger partial charge in [0.25, 0.3) is 0 Å². The van der Waals surface area contributed by atoms with Crippen molar-refractivity contribution in [1.82, 2.24) is 9.61 Å². The number of methoxy groups -OCH3 is 1. The highest BCUT2D eigenvalue weighted by atomic mass is 79.9. The minimum Gasteiger partial charge on any atom is -0.464 e. The Hall–Kier alpha value is -1.96. The lowest BCUT2D eigenvalue weighted by molar-refractivity contribution is -0.383. The fraction of sp³-hybridized carbons (Fsp3) is 0.111. The molecule has 7 nitrogen and oxygen atoms in total. The number of esters is 1. The SMILES string of the molecule is COC(=O)c1nn2cc(Br)ccc2c1[N+](=O)[O-]. The first-order valence-electron chi connectivity index (χ1n) is 4.45. The second kappa shape index (κ2) is 4.13. The van der Waals surface area contributed by atoms with E-state index < -0.39 is 10.9 Å². The van der Waals surface area contributed by atoms with Gasteiger partial charge in [0.2, 0.25) is 5.69 Å². The van der Waals surface area contributed by atoms with Gasteiger partial charge in [0, 0.05) is 10.7 Å². The highest BCUT2D eigenvalue weighted by Crippen LogP contribution is 2.26. The number of halogens is 1. The zero-order chi connectivity index (χ0) is 12.6. The van der Waals surface area contributed by atoms with Gasteiger partial charge in [0.1, 0.15) is 5.52 Å². The van der Waals surface area contributed by atoms with Crippen LogP contribution < -0.4 is 0 Å². The van der Waals surface area contributed by atoms with Gasteiger partial charge in [-0.05, 0) is 28.1 Å². The van der Waals surface area contributed by atoms with E-state index in [1.165, 1.54) is 16.8 Å². The lowest BCUT2D eigenvalue weighted by Crippen LogP contribution is -2.05. The fourth-order valence-corrected chi connectivity index (χ4v) is 1.75. The summed E-state index contributed by atoms with van der Waals surface area (Å²) in [5.41, 5.74) is -0.432. The monoisotopic (exact) mass is 299 g/mol. The minimum absolute atomic E-state index is 0.235. The van der Waals surface area contributed by atoms with E-state index in [0.29, 0.717) is 4.47 Å². The summed E-state index contributed by atoms with van der Waals surface area (Å²) >= 11 is 3.21. The van der Waals surface area contributed by atoms with Gasteiger partial charge < -0.3 is 4.74 Å². The van der Waals surface area contributed by atoms with Crippen molar-refractivity contribution in [2.45, 2.75) is 0 Å². The van der Waals surface area contributed by atoms with Crippen LogP contribution in [-0.4, -0.2) is 27.6 Å². The van der Waals surface area contributed by atoms with E-state index in [9.17, 15) is 14.9 Å². The van der Waals surface area contributed by atoms with Gasteiger partial charge in [-0.2, -0.15) is 5.10 Å². The van der Waals surface area contributed by atoms with Crippen molar-refractivity contribution in [3.8, 4) is 0 Å². The van der Waals surface area contributed by atoms with Crippen LogP contribution >= 0.6 is 15.9 Å². The third-order valence-corrected chi connectivity index (χ3v) is 2.60. The second-order valence-corrected chi connectivity index (χ2v) is 4.04. The van der Waals surface area contributed by atoms with Gasteiger partial charge in [-0.1, -0.05) is 0 Å². The molecule has 0 saturated heterocycles. The lowest BCUT2D eigenvalue weighted by atomic mass is 10.3. The maximum Gasteiger partial charge on any atom is 0.365 e. The lowest BCUT2D eigenvalue weighted by Gasteiger charge is -1.93. The smallest absolute Gasteiger partial charge is 0.365 e. The number of hydrogen-bond acceptors (Lipinski definition) is 5. The number of hydrogen-bond donors (Lipinski definition) is 0. The molecule has 0 bridgehead atoms. The fourth-order valence-electron chi connectivity index (χ4n) is 1.43. The molecule has 0 unspecified atom stereocenters. The number of rotatable bonds is 2. The maximum atomic E-state index is 11.4. The normalized spacial score (nSPS) is 10.5. The predicted octanol–water partition coefficient (Wildman–Crippen LogP) is 1.79. The van der Waals surface area contributed by atoms with Gasteiger partial charge in [-0.25, -0.2) is 9.31 Å². The molecule has 0 saturated carbocycles. The molecule has 0 aliphatic carbocycles. The number of nitro groups is 1. The van der Waals surface area contributed by atoms with Crippen LogP contribution in [0.4, 0.5) is 5.69 Å². The van der Waals surface area contributed by atoms with Crippen molar-refractivity contribution < 1.29 is 14.5 Å². The van der Waals surface area contributed by atoms with E-state index in [1.807, 2.05) is 0 Å². The van der Waals surface area contributed by atoms with Gasteiger partial charge in [-0.3, -0.25) is 10.1 Å². The topological polar surface area (TPSA) is 86.7 Å². The van der Waals surface area contributed by atoms with Gasteiger partial charge in [-0.15, -0.1) is 0 Å². The van der Waals surface area contributed by atoms with E-state index in [2.05, 4.69) is 25.8 Å². The molecule has 0 N–H and O–H groups in total. The minimum atomic E-state index is -0.837. The number of fused-ring (bicyclic) bond motifs is 1. The summed E-state index contributed by atoms with van der Waals surface area (Å²) in [5.74, 6) is -0.837. The summed E-state index contributed by atoms with van der Waals surface area (Å²) in [6.45, 7) is 0. The predicted molar refractivity (Wildman–Crippen MR) is 60.9 cm³/mol. The number of nitrogens with zero attached hydrogens (tertiary/aromatic N) is 3. The summed E-state index contributed by atoms with van der Waals surface area (Å²) in [6, 6.07) is 3.13. The first kappa shape index (κ1) is 11.5. The Morgan fingerprint density at radius 3 is 2.88 bits per heavy atom. The van der Waals surface area contributed by atoms with Crippen LogP contribution in [0.25, 0.3) is 5.52 Å². The van der Waals surface area contributed by atoms with Crippen molar-refractivity contribution in [2.75, 3.05) is 7.11 Å². The zero-order valence-corrected chi connectivity index (χ0v) is 10.2. The van der Waals surface area contributed by atoms with E-state index in [4.69, 9.17) is 0 Å². The molecule has 17 heavy (non-hydrogen) atoms. The summed E-state index contributed by atoms with van der Waals surface area (Å²) < 4.78 is 6.41. The third kappa shape index (κ3) is 1.86. The Morgan fingerprint density at radius 2 is 2.29 bits per heavy atom. The molecule has 88 valence electrons. The van der Waals surface area contributed by atoms with Crippen molar-refractivity contribution in [2.24, 2.45) is 0 Å². The quantitative estimate of drug-likeness (QED) is 0.479. The van der Waals surface area contributed by atoms with Crippen molar-refractivity contribution >= 4 is 33.1 Å². The molecule has 2 heterocycles. The Kier molecular flexibility index (Phi) is 2.80. The number of carbonyl (C=O) groups is 1. The van der Waals surface area contributed by atoms with Gasteiger partial charge in [0.15, 0.2) is 0 Å². The van der Waals surface area contributed by atoms with Crippen LogP contribution in [0.5, 0.6) is 0 Å². The Bertz CT molecular complexity index is 622. The first-order valence-corrected chi connectivity index (χ1v) is 5.24. The van der Waals surface area contributed by atoms with E-state index >= 15 is 0 Å². The highest BCUT2D eigenvalue weighted by Gasteiger charge is 2.29. The molecule has 0 amide bonds. The second-order valence-electron chi connectivity index (χ2n) is 3.12. The molecule has 0 aromatic carbocycles. The van der Waals surface area contributed by atoms with Crippen molar-refractivity contribution in [1.29, 1.82) is 0 Å². The Labute approximate surface area is 103 Å². The zero-order valence-electron chi connectivity index (χ0n) is 8.58. The molecule has 8 heteroatoms. The summed E-state index contributed by atoms with van der Waals surface area (Å²) in [7, 11) is 1.14. The highest BCUT2D eigenvalue weighted by molar-refractivity contribution is 9.10. The molecule has 0 atom stereocenters. The molecular formula is C9H6BrN3O4. The van der Waals surface area contributed by atoms with E-state index in [0.717, 1.165) is 7.11 Å². The van der Waals surface area contributed by atoms with Gasteiger partial charge >= 0.3 is 11.7 Å². The third-order valence-electron chi connectivity index (χ3n) is 2.13. The molecule has 0 aliphatic rings. The van der Waals surface area contributed by atoms with E-state index in [-0.39, 0.29) is 16.9 Å². The number of carbonyl (C=O) groups excluding carboxylic acids is 1. The van der Waals surface area contributed by atoms with Crippen molar-refractivity contribution in [3.63, 3.8) is 0 Å². The van der Waals surface area contributed by atoms with Crippen molar-refractivity contribution in [3.05, 3.63) is 38.6 Å². The molecule has 2 rings (SSSR count). The van der Waals surface area contributed by atoms with Crippen LogP contribution in [0.3, 0.4) is 0 Å². The molecule has 0 aliphatic heterocycles. The number of aromatic nitrogens is 2. The molecule has 0 radical (unpaired) electrons. The van der Waals surface area contributed by atoms with Crippen LogP contribution in [-0.2, 0) is 4.74 Å². The standard InChI is InChI=1S/C9H6BrN3O4/c1-17-9(14)7-8(13(15)16)6-3-2-5(10)4-12(6)11-7/h2-4H,1H3. The number of ether oxygens (including phenoxy) is 1. The van der Waals surface area contributed by atoms with Crippen LogP contribution in [0.2, 0.25) is 0 Å². The van der Waals surface area contributed by atoms with Gasteiger partial charge in [0.05, 0.1) is 12.0 Å². The summed E-state index contributed by atoms with van der Waals surface area (Å²) in [6.07, 6.45) is 1.52. The largest absolute Gasteiger partial charge is 0.464 e. The molecule has 0 spiro atoms. The number of pyridine rings is 1. The van der Waals surface area contributed by atoms with E-state index in [1.54, 1.807) is 6.07 Å². The average molecular weight is 300 g/mol. The first-order chi connectivity index (χ1) is 8.04.